The number of likely N-dealkylation sites (tertiary alicyclic amines) is 1. The highest BCUT2D eigenvalue weighted by atomic mass is 19.4. The van der Waals surface area contributed by atoms with Crippen molar-refractivity contribution >= 4 is 11.1 Å². The van der Waals surface area contributed by atoms with E-state index in [1.165, 1.54) is 24.3 Å². The maximum atomic E-state index is 14.0. The largest absolute Gasteiger partial charge is 0.508 e. The summed E-state index contributed by atoms with van der Waals surface area (Å²) < 4.78 is 66.6. The second kappa shape index (κ2) is 10.1. The van der Waals surface area contributed by atoms with E-state index >= 15 is 0 Å². The van der Waals surface area contributed by atoms with E-state index in [0.717, 1.165) is 19.2 Å². The van der Waals surface area contributed by atoms with Crippen LogP contribution in [-0.4, -0.2) is 42.9 Å². The van der Waals surface area contributed by atoms with Crippen LogP contribution in [0.15, 0.2) is 66.7 Å². The van der Waals surface area contributed by atoms with Crippen LogP contribution in [0, 0.1) is 5.92 Å². The predicted molar refractivity (Wildman–Crippen MR) is 133 cm³/mol. The summed E-state index contributed by atoms with van der Waals surface area (Å²) in [6.45, 7) is 4.09. The van der Waals surface area contributed by atoms with Crippen LogP contribution < -0.4 is 9.47 Å². The standard InChI is InChI=1S/C29H27F4NO3/c1-18-24-14-21(35)8-11-26(24)37-28(27(18)23-4-2-3-5-25(23)29(31,32)33)20-6-9-22(10-7-20)36-13-12-34-16-19(15-30)17-34/h2-11,14,19,28,35H,12-13,15-17H2,1H3. The molecule has 0 radical (unpaired) electrons. The molecule has 1 fully saturated rings. The van der Waals surface area contributed by atoms with E-state index in [9.17, 15) is 22.7 Å². The van der Waals surface area contributed by atoms with Gasteiger partial charge < -0.3 is 14.6 Å². The van der Waals surface area contributed by atoms with E-state index in [4.69, 9.17) is 9.47 Å². The molecule has 37 heavy (non-hydrogen) atoms. The summed E-state index contributed by atoms with van der Waals surface area (Å²) in [4.78, 5) is 2.13. The van der Waals surface area contributed by atoms with Gasteiger partial charge in [-0.05, 0) is 60.0 Å². The zero-order valence-electron chi connectivity index (χ0n) is 20.3. The smallest absolute Gasteiger partial charge is 0.416 e. The second-order valence-electron chi connectivity index (χ2n) is 9.46. The molecular formula is C29H27F4NO3. The third-order valence-electron chi connectivity index (χ3n) is 6.91. The highest BCUT2D eigenvalue weighted by Crippen LogP contribution is 2.49. The summed E-state index contributed by atoms with van der Waals surface area (Å²) in [5, 5.41) is 10.0. The number of allylic oxidation sites excluding steroid dienone is 1. The number of aromatic hydroxyl groups is 1. The Kier molecular flexibility index (Phi) is 6.86. The molecule has 5 rings (SSSR count). The Hall–Kier alpha value is -3.52. The number of hydrogen-bond acceptors (Lipinski definition) is 4. The number of hydrogen-bond donors (Lipinski definition) is 1. The molecule has 3 aromatic carbocycles. The van der Waals surface area contributed by atoms with Crippen LogP contribution >= 0.6 is 0 Å². The summed E-state index contributed by atoms with van der Waals surface area (Å²) in [6, 6.07) is 17.2. The highest BCUT2D eigenvalue weighted by molar-refractivity contribution is 5.96. The summed E-state index contributed by atoms with van der Waals surface area (Å²) in [5.41, 5.74) is 1.49. The van der Waals surface area contributed by atoms with Crippen molar-refractivity contribution in [2.24, 2.45) is 5.92 Å². The summed E-state index contributed by atoms with van der Waals surface area (Å²) >= 11 is 0. The average molecular weight is 514 g/mol. The topological polar surface area (TPSA) is 41.9 Å². The number of phenols is 1. The van der Waals surface area contributed by atoms with Crippen LogP contribution in [0.5, 0.6) is 17.2 Å². The molecule has 1 atom stereocenters. The van der Waals surface area contributed by atoms with E-state index in [-0.39, 0.29) is 23.9 Å². The maximum Gasteiger partial charge on any atom is 0.416 e. The van der Waals surface area contributed by atoms with Gasteiger partial charge in [0.2, 0.25) is 0 Å². The lowest BCUT2D eigenvalue weighted by molar-refractivity contribution is -0.137. The van der Waals surface area contributed by atoms with Gasteiger partial charge in [0, 0.05) is 36.7 Å². The first-order valence-electron chi connectivity index (χ1n) is 12.1. The first kappa shape index (κ1) is 25.1. The molecule has 0 aromatic heterocycles. The van der Waals surface area contributed by atoms with Crippen molar-refractivity contribution in [3.63, 3.8) is 0 Å². The van der Waals surface area contributed by atoms with Gasteiger partial charge in [0.15, 0.2) is 0 Å². The molecule has 0 bridgehead atoms. The Bertz CT molecular complexity index is 1300. The molecule has 1 N–H and O–H groups in total. The third kappa shape index (κ3) is 5.16. The Morgan fingerprint density at radius 3 is 2.43 bits per heavy atom. The molecule has 0 amide bonds. The fourth-order valence-corrected chi connectivity index (χ4v) is 4.97. The number of benzene rings is 3. The minimum Gasteiger partial charge on any atom is -0.508 e. The minimum atomic E-state index is -4.55. The van der Waals surface area contributed by atoms with Gasteiger partial charge in [-0.25, -0.2) is 0 Å². The van der Waals surface area contributed by atoms with Crippen molar-refractivity contribution in [3.8, 4) is 17.2 Å². The quantitative estimate of drug-likeness (QED) is 0.355. The van der Waals surface area contributed by atoms with Crippen LogP contribution in [0.3, 0.4) is 0 Å². The number of rotatable bonds is 7. The molecule has 0 spiro atoms. The fraction of sp³-hybridized carbons (Fsp3) is 0.310. The lowest BCUT2D eigenvalue weighted by Gasteiger charge is -2.37. The monoisotopic (exact) mass is 513 g/mol. The molecule has 3 aromatic rings. The van der Waals surface area contributed by atoms with Gasteiger partial charge in [0.1, 0.15) is 30.0 Å². The van der Waals surface area contributed by atoms with Crippen molar-refractivity contribution in [1.29, 1.82) is 0 Å². The number of alkyl halides is 4. The van der Waals surface area contributed by atoms with Crippen molar-refractivity contribution < 1.29 is 32.1 Å². The highest BCUT2D eigenvalue weighted by Gasteiger charge is 2.38. The molecule has 2 aliphatic heterocycles. The first-order valence-corrected chi connectivity index (χ1v) is 12.1. The number of fused-ring (bicyclic) bond motifs is 1. The number of nitrogens with zero attached hydrogens (tertiary/aromatic N) is 1. The lowest BCUT2D eigenvalue weighted by atomic mass is 9.84. The Morgan fingerprint density at radius 1 is 1.00 bits per heavy atom. The number of phenolic OH excluding ortho intramolecular Hbond substituents is 1. The normalized spacial score (nSPS) is 18.2. The third-order valence-corrected chi connectivity index (χ3v) is 6.91. The lowest BCUT2D eigenvalue weighted by Crippen LogP contribution is -2.49. The molecule has 2 heterocycles. The average Bonchev–Trinajstić information content (AvgIpc) is 2.85. The van der Waals surface area contributed by atoms with Crippen LogP contribution in [0.1, 0.15) is 35.3 Å². The summed E-state index contributed by atoms with van der Waals surface area (Å²) in [6.07, 6.45) is -5.35. The molecule has 1 unspecified atom stereocenters. The number of halogens is 4. The molecule has 0 aliphatic carbocycles. The Labute approximate surface area is 212 Å². The van der Waals surface area contributed by atoms with E-state index < -0.39 is 17.8 Å². The van der Waals surface area contributed by atoms with Crippen molar-refractivity contribution in [1.82, 2.24) is 4.90 Å². The van der Waals surface area contributed by atoms with Crippen molar-refractivity contribution in [2.75, 3.05) is 32.9 Å². The second-order valence-corrected chi connectivity index (χ2v) is 9.46. The van der Waals surface area contributed by atoms with Crippen LogP contribution in [-0.2, 0) is 6.18 Å². The molecule has 2 aliphatic rings. The van der Waals surface area contributed by atoms with Gasteiger partial charge in [-0.2, -0.15) is 13.2 Å². The van der Waals surface area contributed by atoms with E-state index in [1.54, 1.807) is 43.3 Å². The van der Waals surface area contributed by atoms with Crippen molar-refractivity contribution in [2.45, 2.75) is 19.2 Å². The predicted octanol–water partition coefficient (Wildman–Crippen LogP) is 6.76. The van der Waals surface area contributed by atoms with E-state index in [0.29, 0.717) is 46.9 Å². The molecule has 4 nitrogen and oxygen atoms in total. The van der Waals surface area contributed by atoms with Gasteiger partial charge in [0.25, 0.3) is 0 Å². The molecular weight excluding hydrogens is 486 g/mol. The SMILES string of the molecule is CC1=C(c2ccccc2C(F)(F)F)C(c2ccc(OCCN3CC(CF)C3)cc2)Oc2ccc(O)cc21. The Balaban J connectivity index is 1.45. The summed E-state index contributed by atoms with van der Waals surface area (Å²) in [7, 11) is 0. The zero-order chi connectivity index (χ0) is 26.2. The summed E-state index contributed by atoms with van der Waals surface area (Å²) in [5.74, 6) is 1.24. The maximum absolute atomic E-state index is 14.0. The van der Waals surface area contributed by atoms with Gasteiger partial charge >= 0.3 is 6.18 Å². The first-order chi connectivity index (χ1) is 17.7. The minimum absolute atomic E-state index is 0.00329. The van der Waals surface area contributed by atoms with E-state index in [1.807, 2.05) is 0 Å². The van der Waals surface area contributed by atoms with Gasteiger partial charge in [-0.1, -0.05) is 30.3 Å². The zero-order valence-corrected chi connectivity index (χ0v) is 20.3. The molecule has 8 heteroatoms. The van der Waals surface area contributed by atoms with Crippen LogP contribution in [0.25, 0.3) is 11.1 Å². The van der Waals surface area contributed by atoms with E-state index in [2.05, 4.69) is 4.90 Å². The molecule has 0 saturated carbocycles. The fourth-order valence-electron chi connectivity index (χ4n) is 4.97. The van der Waals surface area contributed by atoms with Gasteiger partial charge in [-0.3, -0.25) is 9.29 Å². The number of ether oxygens (including phenoxy) is 2. The molecule has 194 valence electrons. The van der Waals surface area contributed by atoms with Gasteiger partial charge in [-0.15, -0.1) is 0 Å². The van der Waals surface area contributed by atoms with Crippen molar-refractivity contribution in [3.05, 3.63) is 89.0 Å². The van der Waals surface area contributed by atoms with Gasteiger partial charge in [0.05, 0.1) is 12.2 Å². The Morgan fingerprint density at radius 2 is 1.73 bits per heavy atom. The van der Waals surface area contributed by atoms with Crippen LogP contribution in [0.4, 0.5) is 17.6 Å². The molecule has 1 saturated heterocycles. The van der Waals surface area contributed by atoms with Crippen LogP contribution in [0.2, 0.25) is 0 Å².